The summed E-state index contributed by atoms with van der Waals surface area (Å²) in [6.45, 7) is 0. The molecule has 5 heteroatoms. The normalized spacial score (nSPS) is 11.4. The quantitative estimate of drug-likeness (QED) is 0.120. The van der Waals surface area contributed by atoms with Crippen molar-refractivity contribution in [1.29, 1.82) is 0 Å². The van der Waals surface area contributed by atoms with Crippen LogP contribution in [-0.2, 0) is 17.1 Å². The minimum absolute atomic E-state index is 0.417. The minimum atomic E-state index is -4.31. The van der Waals surface area contributed by atoms with Crippen molar-refractivity contribution in [2.45, 2.75) is 20.9 Å². The predicted molar refractivity (Wildman–Crippen MR) is 197 cm³/mol. The fourth-order valence-corrected chi connectivity index (χ4v) is 8.51. The van der Waals surface area contributed by atoms with Crippen LogP contribution in [0.1, 0.15) is 5.56 Å². The van der Waals surface area contributed by atoms with E-state index in [1.165, 1.54) is 21.9 Å². The van der Waals surface area contributed by atoms with Crippen LogP contribution in [0.25, 0.3) is 0 Å². The average Bonchev–Trinajstić information content (AvgIpc) is 3.15. The first-order valence-electron chi connectivity index (χ1n) is 15.9. The molecule has 0 heterocycles. The fraction of sp³-hybridized carbons (Fsp3) is 0.0233. The zero-order chi connectivity index (χ0) is 33.2. The molecule has 48 heavy (non-hydrogen) atoms. The highest BCUT2D eigenvalue weighted by atomic mass is 32.2. The molecule has 7 aromatic carbocycles. The van der Waals surface area contributed by atoms with Crippen molar-refractivity contribution in [2.75, 3.05) is 0 Å². The molecule has 0 radical (unpaired) electrons. The van der Waals surface area contributed by atoms with Crippen LogP contribution in [-0.4, -0.2) is 6.15 Å². The number of rotatable bonds is 7. The maximum absolute atomic E-state index is 12.8. The highest BCUT2D eigenvalue weighted by Gasteiger charge is 2.33. The second kappa shape index (κ2) is 15.1. The average molecular weight is 651 g/mol. The number of benzene rings is 7. The third-order valence-electron chi connectivity index (χ3n) is 8.57. The van der Waals surface area contributed by atoms with E-state index in [0.29, 0.717) is 0 Å². The van der Waals surface area contributed by atoms with Crippen LogP contribution in [0.4, 0.5) is 13.2 Å². The van der Waals surface area contributed by atoms with Gasteiger partial charge in [0.05, 0.1) is 16.5 Å². The summed E-state index contributed by atoms with van der Waals surface area (Å²) in [6.07, 6.45) is -5.52. The van der Waals surface area contributed by atoms with E-state index < -0.39 is 28.8 Å². The van der Waals surface area contributed by atoms with Crippen LogP contribution in [0.15, 0.2) is 221 Å². The maximum atomic E-state index is 12.8. The Morgan fingerprint density at radius 2 is 0.562 bits per heavy atom. The Balaban J connectivity index is 0.000000168. The van der Waals surface area contributed by atoms with E-state index in [1.54, 1.807) is 12.1 Å². The Morgan fingerprint density at radius 3 is 0.833 bits per heavy atom. The molecule has 0 saturated heterocycles. The first-order chi connectivity index (χ1) is 23.5. The summed E-state index contributed by atoms with van der Waals surface area (Å²) in [7, 11) is -0.417. The second-order valence-electron chi connectivity index (χ2n) is 11.5. The van der Waals surface area contributed by atoms with Crippen LogP contribution in [0.3, 0.4) is 0 Å². The molecule has 0 saturated carbocycles. The van der Waals surface area contributed by atoms with Crippen molar-refractivity contribution in [3.63, 3.8) is 0 Å². The van der Waals surface area contributed by atoms with Gasteiger partial charge in [-0.05, 0) is 48.5 Å². The standard InChI is InChI=1S/C24H20B.C19H14F3S/c1-5-13-21(14-6-1)25(22-15-7-2-8-16-22,23-17-9-3-10-18-23)24-19-11-4-12-20-24;20-19(21,22)15-11-13-18(14-12-15)23(16-7-3-1-4-8-16)17-9-5-2-6-10-17/h1-20H;1-14H/q-1;+1. The molecule has 0 atom stereocenters. The molecule has 0 nitrogen and oxygen atoms in total. The van der Waals surface area contributed by atoms with Gasteiger partial charge in [0, 0.05) is 0 Å². The molecule has 0 aromatic heterocycles. The summed E-state index contributed by atoms with van der Waals surface area (Å²) in [6, 6.07) is 68.7. The highest BCUT2D eigenvalue weighted by molar-refractivity contribution is 7.97. The molecule has 236 valence electrons. The van der Waals surface area contributed by atoms with Gasteiger partial charge in [0.25, 0.3) is 0 Å². The van der Waals surface area contributed by atoms with E-state index in [0.717, 1.165) is 26.8 Å². The lowest BCUT2D eigenvalue weighted by Gasteiger charge is -2.44. The van der Waals surface area contributed by atoms with Gasteiger partial charge in [0.1, 0.15) is 6.15 Å². The molecule has 7 aromatic rings. The van der Waals surface area contributed by atoms with Gasteiger partial charge in [-0.25, -0.2) is 0 Å². The van der Waals surface area contributed by atoms with Crippen molar-refractivity contribution in [3.05, 3.63) is 212 Å². The van der Waals surface area contributed by atoms with E-state index >= 15 is 0 Å². The Bertz CT molecular complexity index is 1770. The van der Waals surface area contributed by atoms with E-state index in [2.05, 4.69) is 121 Å². The van der Waals surface area contributed by atoms with Gasteiger partial charge in [0.2, 0.25) is 0 Å². The largest absolute Gasteiger partial charge is 0.416 e. The van der Waals surface area contributed by atoms with Gasteiger partial charge in [-0.3, -0.25) is 0 Å². The third-order valence-corrected chi connectivity index (χ3v) is 10.8. The van der Waals surface area contributed by atoms with Crippen molar-refractivity contribution < 1.29 is 13.2 Å². The molecular formula is C43H34BF3S. The Kier molecular flexibility index (Phi) is 10.3. The molecule has 0 aliphatic rings. The highest BCUT2D eigenvalue weighted by Crippen LogP contribution is 2.34. The summed E-state index contributed by atoms with van der Waals surface area (Å²) in [5.41, 5.74) is 4.74. The fourth-order valence-electron chi connectivity index (χ4n) is 6.42. The molecule has 0 fully saturated rings. The molecule has 0 spiro atoms. The lowest BCUT2D eigenvalue weighted by atomic mass is 9.13. The molecule has 0 aliphatic carbocycles. The third kappa shape index (κ3) is 7.17. The lowest BCUT2D eigenvalue weighted by molar-refractivity contribution is -0.137. The van der Waals surface area contributed by atoms with Gasteiger partial charge in [-0.2, -0.15) is 35.0 Å². The van der Waals surface area contributed by atoms with Crippen LogP contribution < -0.4 is 21.9 Å². The van der Waals surface area contributed by atoms with Crippen LogP contribution in [0, 0.1) is 0 Å². The smallest absolute Gasteiger partial charge is 0.195 e. The number of hydrogen-bond acceptors (Lipinski definition) is 0. The van der Waals surface area contributed by atoms with Gasteiger partial charge in [0.15, 0.2) is 14.7 Å². The Labute approximate surface area is 283 Å². The zero-order valence-corrected chi connectivity index (χ0v) is 27.1. The van der Waals surface area contributed by atoms with Gasteiger partial charge in [-0.1, -0.05) is 158 Å². The molecule has 0 aliphatic heterocycles. The van der Waals surface area contributed by atoms with Gasteiger partial charge >= 0.3 is 6.18 Å². The Morgan fingerprint density at radius 1 is 0.312 bits per heavy atom. The Hall–Kier alpha value is -5.26. The van der Waals surface area contributed by atoms with Crippen molar-refractivity contribution in [1.82, 2.24) is 0 Å². The molecule has 0 bridgehead atoms. The van der Waals surface area contributed by atoms with Crippen LogP contribution in [0.2, 0.25) is 0 Å². The van der Waals surface area contributed by atoms with Gasteiger partial charge in [-0.15, -0.1) is 0 Å². The summed E-state index contributed by atoms with van der Waals surface area (Å²) < 4.78 is 38.3. The molecule has 0 amide bonds. The SMILES string of the molecule is FC(F)(F)c1ccc([S+](c2ccccc2)c2ccccc2)cc1.c1ccc([B-](c2ccccc2)(c2ccccc2)c2ccccc2)cc1. The number of halogens is 3. The van der Waals surface area contributed by atoms with Crippen molar-refractivity contribution in [2.24, 2.45) is 0 Å². The minimum Gasteiger partial charge on any atom is -0.195 e. The topological polar surface area (TPSA) is 0 Å². The summed E-state index contributed by atoms with van der Waals surface area (Å²) >= 11 is 0. The summed E-state index contributed by atoms with van der Waals surface area (Å²) in [5.74, 6) is 0. The number of hydrogen-bond donors (Lipinski definition) is 0. The summed E-state index contributed by atoms with van der Waals surface area (Å²) in [5, 5.41) is 0. The zero-order valence-electron chi connectivity index (χ0n) is 26.2. The van der Waals surface area contributed by atoms with E-state index in [9.17, 15) is 13.2 Å². The molecule has 0 unspecified atom stereocenters. The van der Waals surface area contributed by atoms with E-state index in [-0.39, 0.29) is 0 Å². The second-order valence-corrected chi connectivity index (χ2v) is 13.5. The van der Waals surface area contributed by atoms with Gasteiger partial charge < -0.3 is 0 Å². The van der Waals surface area contributed by atoms with E-state index in [1.807, 2.05) is 60.7 Å². The van der Waals surface area contributed by atoms with Crippen molar-refractivity contribution >= 4 is 38.9 Å². The first kappa shape index (κ1) is 32.7. The van der Waals surface area contributed by atoms with Crippen LogP contribution >= 0.6 is 0 Å². The summed E-state index contributed by atoms with van der Waals surface area (Å²) in [4.78, 5) is 3.03. The predicted octanol–water partition coefficient (Wildman–Crippen LogP) is 8.86. The molecular weight excluding hydrogens is 616 g/mol. The number of alkyl halides is 3. The van der Waals surface area contributed by atoms with Crippen molar-refractivity contribution in [3.8, 4) is 0 Å². The monoisotopic (exact) mass is 650 g/mol. The molecule has 7 rings (SSSR count). The van der Waals surface area contributed by atoms with Crippen LogP contribution in [0.5, 0.6) is 0 Å². The maximum Gasteiger partial charge on any atom is 0.416 e. The lowest BCUT2D eigenvalue weighted by Crippen LogP contribution is -2.74. The van der Waals surface area contributed by atoms with E-state index in [4.69, 9.17) is 0 Å². The molecule has 0 N–H and O–H groups in total. The first-order valence-corrected chi connectivity index (χ1v) is 17.1.